The molecule has 0 bridgehead atoms. The first-order valence-electron chi connectivity index (χ1n) is 3.87. The summed E-state index contributed by atoms with van der Waals surface area (Å²) in [5.74, 6) is -0.959. The highest BCUT2D eigenvalue weighted by Gasteiger charge is 1.94. The minimum Gasteiger partial charge on any atom is -0.478 e. The Hall–Kier alpha value is -1.77. The van der Waals surface area contributed by atoms with Gasteiger partial charge in [0.1, 0.15) is 0 Å². The van der Waals surface area contributed by atoms with Crippen molar-refractivity contribution in [3.63, 3.8) is 0 Å². The molecule has 1 aromatic rings. The molecular formula is C10H11NO2. The summed E-state index contributed by atoms with van der Waals surface area (Å²) < 4.78 is 0. The van der Waals surface area contributed by atoms with Gasteiger partial charge in [-0.2, -0.15) is 0 Å². The Kier molecular flexibility index (Phi) is 2.69. The first kappa shape index (κ1) is 9.32. The maximum atomic E-state index is 10.2. The molecule has 3 nitrogen and oxygen atoms in total. The largest absolute Gasteiger partial charge is 0.478 e. The summed E-state index contributed by atoms with van der Waals surface area (Å²) in [6.45, 7) is 1.90. The molecular weight excluding hydrogens is 166 g/mol. The number of nitrogens with two attached hydrogens (primary N) is 1. The van der Waals surface area contributed by atoms with Gasteiger partial charge in [-0.25, -0.2) is 4.79 Å². The molecule has 13 heavy (non-hydrogen) atoms. The Morgan fingerprint density at radius 1 is 1.54 bits per heavy atom. The van der Waals surface area contributed by atoms with Crippen molar-refractivity contribution in [3.8, 4) is 0 Å². The molecule has 0 saturated carbocycles. The summed E-state index contributed by atoms with van der Waals surface area (Å²) in [5.41, 5.74) is 8.11. The van der Waals surface area contributed by atoms with Crippen LogP contribution in [0.4, 0.5) is 5.69 Å². The number of benzene rings is 1. The van der Waals surface area contributed by atoms with Crippen molar-refractivity contribution in [2.75, 3.05) is 5.73 Å². The van der Waals surface area contributed by atoms with E-state index in [1.807, 2.05) is 19.1 Å². The lowest BCUT2D eigenvalue weighted by Gasteiger charge is -1.99. The van der Waals surface area contributed by atoms with Gasteiger partial charge >= 0.3 is 5.97 Å². The van der Waals surface area contributed by atoms with Crippen LogP contribution in [0.1, 0.15) is 11.1 Å². The molecule has 0 fully saturated rings. The fraction of sp³-hybridized carbons (Fsp3) is 0.100. The molecule has 0 aromatic heterocycles. The number of carbonyl (C=O) groups is 1. The van der Waals surface area contributed by atoms with Crippen molar-refractivity contribution in [2.24, 2.45) is 0 Å². The average molecular weight is 177 g/mol. The Bertz CT molecular complexity index is 356. The van der Waals surface area contributed by atoms with E-state index in [0.29, 0.717) is 5.69 Å². The topological polar surface area (TPSA) is 63.3 Å². The Morgan fingerprint density at radius 3 is 2.77 bits per heavy atom. The predicted octanol–water partition coefficient (Wildman–Crippen LogP) is 1.68. The van der Waals surface area contributed by atoms with Crippen molar-refractivity contribution < 1.29 is 9.90 Å². The van der Waals surface area contributed by atoms with Crippen LogP contribution in [0.3, 0.4) is 0 Å². The molecule has 3 heteroatoms. The highest BCUT2D eigenvalue weighted by Crippen LogP contribution is 2.13. The van der Waals surface area contributed by atoms with Crippen LogP contribution in [0.25, 0.3) is 6.08 Å². The zero-order valence-electron chi connectivity index (χ0n) is 7.32. The SMILES string of the molecule is Cc1ccc(/C=C/C(=O)O)cc1N. The van der Waals surface area contributed by atoms with Crippen LogP contribution in [0.15, 0.2) is 24.3 Å². The quantitative estimate of drug-likeness (QED) is 0.533. The van der Waals surface area contributed by atoms with Crippen LogP contribution in [-0.4, -0.2) is 11.1 Å². The zero-order chi connectivity index (χ0) is 9.84. The number of aryl methyl sites for hydroxylation is 1. The van der Waals surface area contributed by atoms with E-state index in [0.717, 1.165) is 17.2 Å². The van der Waals surface area contributed by atoms with Gasteiger partial charge in [-0.15, -0.1) is 0 Å². The summed E-state index contributed by atoms with van der Waals surface area (Å²) in [5, 5.41) is 8.38. The van der Waals surface area contributed by atoms with Crippen molar-refractivity contribution in [1.29, 1.82) is 0 Å². The van der Waals surface area contributed by atoms with Crippen molar-refractivity contribution >= 4 is 17.7 Å². The molecule has 68 valence electrons. The minimum absolute atomic E-state index is 0.674. The summed E-state index contributed by atoms with van der Waals surface area (Å²) in [7, 11) is 0. The smallest absolute Gasteiger partial charge is 0.328 e. The van der Waals surface area contributed by atoms with Crippen LogP contribution in [0.2, 0.25) is 0 Å². The molecule has 1 aromatic carbocycles. The van der Waals surface area contributed by atoms with E-state index in [-0.39, 0.29) is 0 Å². The van der Waals surface area contributed by atoms with Crippen LogP contribution in [0, 0.1) is 6.92 Å². The van der Waals surface area contributed by atoms with E-state index >= 15 is 0 Å². The van der Waals surface area contributed by atoms with E-state index in [1.54, 1.807) is 6.07 Å². The molecule has 0 spiro atoms. The number of hydrogen-bond donors (Lipinski definition) is 2. The van der Waals surface area contributed by atoms with Gasteiger partial charge in [0.2, 0.25) is 0 Å². The van der Waals surface area contributed by atoms with Crippen LogP contribution >= 0.6 is 0 Å². The molecule has 0 atom stereocenters. The molecule has 1 rings (SSSR count). The lowest BCUT2D eigenvalue weighted by atomic mass is 10.1. The lowest BCUT2D eigenvalue weighted by Crippen LogP contribution is -1.90. The number of anilines is 1. The Morgan fingerprint density at radius 2 is 2.23 bits per heavy atom. The van der Waals surface area contributed by atoms with Gasteiger partial charge in [0.15, 0.2) is 0 Å². The monoisotopic (exact) mass is 177 g/mol. The van der Waals surface area contributed by atoms with E-state index in [4.69, 9.17) is 10.8 Å². The predicted molar refractivity (Wildman–Crippen MR) is 52.3 cm³/mol. The second-order valence-corrected chi connectivity index (χ2v) is 2.79. The first-order valence-corrected chi connectivity index (χ1v) is 3.87. The number of carboxylic acids is 1. The fourth-order valence-electron chi connectivity index (χ4n) is 0.930. The van der Waals surface area contributed by atoms with E-state index < -0.39 is 5.97 Å². The molecule has 3 N–H and O–H groups in total. The Balaban J connectivity index is 2.92. The molecule has 0 unspecified atom stereocenters. The third-order valence-corrected chi connectivity index (χ3v) is 1.72. The van der Waals surface area contributed by atoms with Crippen molar-refractivity contribution in [1.82, 2.24) is 0 Å². The van der Waals surface area contributed by atoms with E-state index in [2.05, 4.69) is 0 Å². The molecule has 0 radical (unpaired) electrons. The maximum absolute atomic E-state index is 10.2. The normalized spacial score (nSPS) is 10.5. The second kappa shape index (κ2) is 3.76. The number of aliphatic carboxylic acids is 1. The number of nitrogen functional groups attached to an aromatic ring is 1. The molecule has 0 aliphatic carbocycles. The summed E-state index contributed by atoms with van der Waals surface area (Å²) >= 11 is 0. The van der Waals surface area contributed by atoms with E-state index in [9.17, 15) is 4.79 Å². The van der Waals surface area contributed by atoms with Gasteiger partial charge in [-0.3, -0.25) is 0 Å². The Labute approximate surface area is 76.5 Å². The average Bonchev–Trinajstić information content (AvgIpc) is 2.07. The summed E-state index contributed by atoms with van der Waals surface area (Å²) in [6, 6.07) is 5.43. The van der Waals surface area contributed by atoms with Gasteiger partial charge < -0.3 is 10.8 Å². The van der Waals surface area contributed by atoms with E-state index in [1.165, 1.54) is 6.08 Å². The number of carboxylic acid groups (broad SMARTS) is 1. The van der Waals surface area contributed by atoms with Crippen molar-refractivity contribution in [3.05, 3.63) is 35.4 Å². The third kappa shape index (κ3) is 2.63. The third-order valence-electron chi connectivity index (χ3n) is 1.72. The van der Waals surface area contributed by atoms with Gasteiger partial charge in [0.25, 0.3) is 0 Å². The maximum Gasteiger partial charge on any atom is 0.328 e. The minimum atomic E-state index is -0.959. The van der Waals surface area contributed by atoms with Crippen LogP contribution in [0.5, 0.6) is 0 Å². The van der Waals surface area contributed by atoms with Crippen molar-refractivity contribution in [2.45, 2.75) is 6.92 Å². The lowest BCUT2D eigenvalue weighted by molar-refractivity contribution is -0.131. The fourth-order valence-corrected chi connectivity index (χ4v) is 0.930. The van der Waals surface area contributed by atoms with Gasteiger partial charge in [-0.1, -0.05) is 12.1 Å². The van der Waals surface area contributed by atoms with Crippen LogP contribution in [-0.2, 0) is 4.79 Å². The number of hydrogen-bond acceptors (Lipinski definition) is 2. The van der Waals surface area contributed by atoms with Gasteiger partial charge in [-0.05, 0) is 30.2 Å². The summed E-state index contributed by atoms with van der Waals surface area (Å²) in [4.78, 5) is 10.2. The second-order valence-electron chi connectivity index (χ2n) is 2.79. The zero-order valence-corrected chi connectivity index (χ0v) is 7.32. The standard InChI is InChI=1S/C10H11NO2/c1-7-2-3-8(6-9(7)11)4-5-10(12)13/h2-6H,11H2,1H3,(H,12,13)/b5-4+. The highest BCUT2D eigenvalue weighted by atomic mass is 16.4. The first-order chi connectivity index (χ1) is 6.09. The van der Waals surface area contributed by atoms with Crippen LogP contribution < -0.4 is 5.73 Å². The van der Waals surface area contributed by atoms with Gasteiger partial charge in [0, 0.05) is 11.8 Å². The van der Waals surface area contributed by atoms with Gasteiger partial charge in [0.05, 0.1) is 0 Å². The highest BCUT2D eigenvalue weighted by molar-refractivity contribution is 5.85. The molecule has 0 saturated heterocycles. The molecule has 0 aliphatic heterocycles. The number of rotatable bonds is 2. The summed E-state index contributed by atoms with van der Waals surface area (Å²) in [6.07, 6.45) is 2.60. The molecule has 0 aliphatic rings. The molecule has 0 heterocycles. The molecule has 0 amide bonds.